The van der Waals surface area contributed by atoms with E-state index in [0.29, 0.717) is 6.54 Å². The fraction of sp³-hybridized carbons (Fsp3) is 0.471. The summed E-state index contributed by atoms with van der Waals surface area (Å²) >= 11 is 0. The maximum absolute atomic E-state index is 12.4. The molecule has 1 heterocycles. The lowest BCUT2D eigenvalue weighted by molar-refractivity contribution is 0.117. The number of fused-ring (bicyclic) bond motifs is 1. The zero-order valence-corrected chi connectivity index (χ0v) is 13.5. The molecule has 0 aliphatic heterocycles. The Morgan fingerprint density at radius 1 is 1.27 bits per heavy atom. The molecule has 2 N–H and O–H groups in total. The molecule has 0 aliphatic rings. The van der Waals surface area contributed by atoms with Crippen molar-refractivity contribution in [3.05, 3.63) is 36.1 Å². The summed E-state index contributed by atoms with van der Waals surface area (Å²) in [6.45, 7) is 7.71. The van der Waals surface area contributed by atoms with Gasteiger partial charge in [-0.2, -0.15) is 0 Å². The van der Waals surface area contributed by atoms with Crippen LogP contribution in [0.5, 0.6) is 0 Å². The lowest BCUT2D eigenvalue weighted by Crippen LogP contribution is -2.47. The van der Waals surface area contributed by atoms with Gasteiger partial charge in [-0.3, -0.25) is 0 Å². The van der Waals surface area contributed by atoms with E-state index in [-0.39, 0.29) is 18.1 Å². The number of amides is 2. The molecule has 22 heavy (non-hydrogen) atoms. The number of carbonyl (C=O) groups excluding carboxylic acids is 1. The summed E-state index contributed by atoms with van der Waals surface area (Å²) in [6.07, 6.45) is -0.561. The number of nitrogens with one attached hydrogen (secondary N) is 1. The molecule has 0 bridgehead atoms. The number of aliphatic hydroxyl groups is 1. The Kier molecular flexibility index (Phi) is 5.08. The fourth-order valence-electron chi connectivity index (χ4n) is 2.37. The van der Waals surface area contributed by atoms with E-state index in [9.17, 15) is 9.90 Å². The van der Waals surface area contributed by atoms with E-state index in [1.807, 2.05) is 51.1 Å². The molecule has 1 aromatic heterocycles. The quantitative estimate of drug-likeness (QED) is 0.890. The Labute approximate surface area is 130 Å². The van der Waals surface area contributed by atoms with Crippen LogP contribution in [-0.4, -0.2) is 34.7 Å². The molecular weight excluding hydrogens is 280 g/mol. The SMILES string of the molecule is CC(O)CN(C(=O)NC(C)c1cc2ccccc2o1)C(C)C. The minimum Gasteiger partial charge on any atom is -0.459 e. The van der Waals surface area contributed by atoms with E-state index in [1.54, 1.807) is 11.8 Å². The van der Waals surface area contributed by atoms with E-state index in [1.165, 1.54) is 0 Å². The fourth-order valence-corrected chi connectivity index (χ4v) is 2.37. The summed E-state index contributed by atoms with van der Waals surface area (Å²) < 4.78 is 5.77. The molecule has 2 aromatic rings. The first-order chi connectivity index (χ1) is 10.4. The van der Waals surface area contributed by atoms with Crippen molar-refractivity contribution in [2.45, 2.75) is 45.9 Å². The van der Waals surface area contributed by atoms with Gasteiger partial charge in [0.15, 0.2) is 0 Å². The second-order valence-corrected chi connectivity index (χ2v) is 5.95. The average molecular weight is 304 g/mol. The highest BCUT2D eigenvalue weighted by Gasteiger charge is 2.22. The predicted molar refractivity (Wildman–Crippen MR) is 86.7 cm³/mol. The van der Waals surface area contributed by atoms with E-state index >= 15 is 0 Å². The van der Waals surface area contributed by atoms with Gasteiger partial charge in [-0.15, -0.1) is 0 Å². The van der Waals surface area contributed by atoms with E-state index in [2.05, 4.69) is 5.32 Å². The van der Waals surface area contributed by atoms with Crippen LogP contribution in [-0.2, 0) is 0 Å². The molecule has 0 saturated heterocycles. The number of benzene rings is 1. The largest absolute Gasteiger partial charge is 0.459 e. The Morgan fingerprint density at radius 2 is 1.95 bits per heavy atom. The number of furan rings is 1. The van der Waals surface area contributed by atoms with Gasteiger partial charge in [0.25, 0.3) is 0 Å². The van der Waals surface area contributed by atoms with Crippen molar-refractivity contribution < 1.29 is 14.3 Å². The third-order valence-corrected chi connectivity index (χ3v) is 3.56. The van der Waals surface area contributed by atoms with Crippen LogP contribution in [0, 0.1) is 0 Å². The first-order valence-electron chi connectivity index (χ1n) is 7.62. The summed E-state index contributed by atoms with van der Waals surface area (Å²) in [7, 11) is 0. The van der Waals surface area contributed by atoms with Gasteiger partial charge >= 0.3 is 6.03 Å². The Bertz CT molecular complexity index is 601. The summed E-state index contributed by atoms with van der Waals surface area (Å²) in [4.78, 5) is 14.0. The van der Waals surface area contributed by atoms with Crippen LogP contribution in [0.2, 0.25) is 0 Å². The van der Waals surface area contributed by atoms with Gasteiger partial charge in [0.1, 0.15) is 11.3 Å². The highest BCUT2D eigenvalue weighted by atomic mass is 16.3. The van der Waals surface area contributed by atoms with Crippen LogP contribution in [0.1, 0.15) is 39.5 Å². The number of para-hydroxylation sites is 1. The smallest absolute Gasteiger partial charge is 0.318 e. The molecular formula is C17H24N2O3. The average Bonchev–Trinajstić information content (AvgIpc) is 2.88. The Hall–Kier alpha value is -2.01. The molecule has 120 valence electrons. The van der Waals surface area contributed by atoms with E-state index in [0.717, 1.165) is 16.7 Å². The van der Waals surface area contributed by atoms with Crippen molar-refractivity contribution in [1.29, 1.82) is 0 Å². The molecule has 0 radical (unpaired) electrons. The summed E-state index contributed by atoms with van der Waals surface area (Å²) in [5.74, 6) is 0.718. The van der Waals surface area contributed by atoms with Crippen LogP contribution in [0.15, 0.2) is 34.7 Å². The molecule has 5 nitrogen and oxygen atoms in total. The number of rotatable bonds is 5. The van der Waals surface area contributed by atoms with Gasteiger partial charge in [0.05, 0.1) is 12.1 Å². The monoisotopic (exact) mass is 304 g/mol. The standard InChI is InChI=1S/C17H24N2O3/c1-11(2)19(10-12(3)20)17(21)18-13(4)16-9-14-7-5-6-8-15(14)22-16/h5-9,11-13,20H,10H2,1-4H3,(H,18,21). The van der Waals surface area contributed by atoms with Crippen LogP contribution in [0.3, 0.4) is 0 Å². The topological polar surface area (TPSA) is 65.7 Å². The third-order valence-electron chi connectivity index (χ3n) is 3.56. The molecule has 2 unspecified atom stereocenters. The Balaban J connectivity index is 2.09. The molecule has 5 heteroatoms. The summed E-state index contributed by atoms with van der Waals surface area (Å²) in [6, 6.07) is 9.26. The van der Waals surface area contributed by atoms with Crippen molar-refractivity contribution in [2.75, 3.05) is 6.54 Å². The van der Waals surface area contributed by atoms with Gasteiger partial charge in [-0.05, 0) is 39.8 Å². The number of nitrogens with zero attached hydrogens (tertiary/aromatic N) is 1. The molecule has 0 spiro atoms. The van der Waals surface area contributed by atoms with Gasteiger partial charge in [-0.25, -0.2) is 4.79 Å². The van der Waals surface area contributed by atoms with Crippen molar-refractivity contribution in [1.82, 2.24) is 10.2 Å². The molecule has 0 aliphatic carbocycles. The second-order valence-electron chi connectivity index (χ2n) is 5.95. The van der Waals surface area contributed by atoms with Crippen LogP contribution < -0.4 is 5.32 Å². The zero-order chi connectivity index (χ0) is 16.3. The maximum atomic E-state index is 12.4. The van der Waals surface area contributed by atoms with Crippen LogP contribution in [0.4, 0.5) is 4.79 Å². The Morgan fingerprint density at radius 3 is 2.55 bits per heavy atom. The van der Waals surface area contributed by atoms with Crippen molar-refractivity contribution >= 4 is 17.0 Å². The van der Waals surface area contributed by atoms with Gasteiger partial charge in [0.2, 0.25) is 0 Å². The lowest BCUT2D eigenvalue weighted by Gasteiger charge is -2.29. The van der Waals surface area contributed by atoms with Gasteiger partial charge < -0.3 is 19.7 Å². The number of carbonyl (C=O) groups is 1. The lowest BCUT2D eigenvalue weighted by atomic mass is 10.2. The van der Waals surface area contributed by atoms with E-state index < -0.39 is 6.10 Å². The zero-order valence-electron chi connectivity index (χ0n) is 13.5. The molecule has 1 aromatic carbocycles. The minimum atomic E-state index is -0.561. The summed E-state index contributed by atoms with van der Waals surface area (Å²) in [5.41, 5.74) is 0.809. The number of aliphatic hydroxyl groups excluding tert-OH is 1. The van der Waals surface area contributed by atoms with Crippen molar-refractivity contribution in [3.63, 3.8) is 0 Å². The number of hydrogen-bond acceptors (Lipinski definition) is 3. The van der Waals surface area contributed by atoms with E-state index in [4.69, 9.17) is 4.42 Å². The van der Waals surface area contributed by atoms with Crippen molar-refractivity contribution in [2.24, 2.45) is 0 Å². The third kappa shape index (κ3) is 3.80. The van der Waals surface area contributed by atoms with Crippen molar-refractivity contribution in [3.8, 4) is 0 Å². The molecule has 0 fully saturated rings. The minimum absolute atomic E-state index is 0.0115. The number of hydrogen-bond donors (Lipinski definition) is 2. The molecule has 2 atom stereocenters. The molecule has 2 rings (SSSR count). The second kappa shape index (κ2) is 6.83. The highest BCUT2D eigenvalue weighted by Crippen LogP contribution is 2.23. The van der Waals surface area contributed by atoms with Gasteiger partial charge in [0, 0.05) is 18.0 Å². The molecule has 2 amide bonds. The first-order valence-corrected chi connectivity index (χ1v) is 7.62. The first kappa shape index (κ1) is 16.4. The molecule has 0 saturated carbocycles. The van der Waals surface area contributed by atoms with Crippen LogP contribution >= 0.6 is 0 Å². The normalized spacial score (nSPS) is 14.1. The highest BCUT2D eigenvalue weighted by molar-refractivity contribution is 5.78. The van der Waals surface area contributed by atoms with Crippen LogP contribution in [0.25, 0.3) is 11.0 Å². The summed E-state index contributed by atoms with van der Waals surface area (Å²) in [5, 5.41) is 13.5. The maximum Gasteiger partial charge on any atom is 0.318 e. The predicted octanol–water partition coefficient (Wildman–Crippen LogP) is 3.29. The van der Waals surface area contributed by atoms with Gasteiger partial charge in [-0.1, -0.05) is 18.2 Å². The number of urea groups is 1.